The zero-order chi connectivity index (χ0) is 14.9. The number of nitrogens with zero attached hydrogens (tertiary/aromatic N) is 3. The first kappa shape index (κ1) is 13.9. The highest BCUT2D eigenvalue weighted by Crippen LogP contribution is 2.35. The lowest BCUT2D eigenvalue weighted by molar-refractivity contribution is -0.386. The molecule has 2 aromatic rings. The molecular weight excluding hydrogens is 260 g/mol. The average molecular weight is 276 g/mol. The Morgan fingerprint density at radius 2 is 2.20 bits per heavy atom. The minimum absolute atomic E-state index is 0.0915. The molecule has 0 bridgehead atoms. The Kier molecular flexibility index (Phi) is 3.60. The molecule has 0 fully saturated rings. The summed E-state index contributed by atoms with van der Waals surface area (Å²) in [5.74, 6) is 0.646. The molecule has 0 saturated heterocycles. The fourth-order valence-corrected chi connectivity index (χ4v) is 1.98. The zero-order valence-electron chi connectivity index (χ0n) is 11.6. The minimum Gasteiger partial charge on any atom is -0.434 e. The number of aryl methyl sites for hydroxylation is 3. The van der Waals surface area contributed by atoms with E-state index in [0.717, 1.165) is 5.56 Å². The van der Waals surface area contributed by atoms with Crippen LogP contribution in [0.1, 0.15) is 18.2 Å². The van der Waals surface area contributed by atoms with Crippen LogP contribution in [0.3, 0.4) is 0 Å². The Balaban J connectivity index is 2.48. The van der Waals surface area contributed by atoms with Gasteiger partial charge in [0.2, 0.25) is 0 Å². The zero-order valence-corrected chi connectivity index (χ0v) is 11.6. The van der Waals surface area contributed by atoms with Crippen LogP contribution in [0.4, 0.5) is 11.4 Å². The molecule has 1 heterocycles. The van der Waals surface area contributed by atoms with Crippen LogP contribution in [0.25, 0.3) is 0 Å². The Morgan fingerprint density at radius 1 is 1.50 bits per heavy atom. The monoisotopic (exact) mass is 276 g/mol. The summed E-state index contributed by atoms with van der Waals surface area (Å²) in [5, 5.41) is 15.3. The first-order valence-corrected chi connectivity index (χ1v) is 6.18. The van der Waals surface area contributed by atoms with E-state index < -0.39 is 4.92 Å². The maximum Gasteiger partial charge on any atom is 0.353 e. The predicted octanol–water partition coefficient (Wildman–Crippen LogP) is 2.57. The van der Waals surface area contributed by atoms with Gasteiger partial charge >= 0.3 is 5.69 Å². The molecule has 106 valence electrons. The molecule has 1 aromatic carbocycles. The number of anilines is 1. The lowest BCUT2D eigenvalue weighted by Crippen LogP contribution is -1.99. The second kappa shape index (κ2) is 5.20. The van der Waals surface area contributed by atoms with Crippen LogP contribution in [-0.4, -0.2) is 14.7 Å². The Morgan fingerprint density at radius 3 is 2.75 bits per heavy atom. The predicted molar refractivity (Wildman–Crippen MR) is 74.9 cm³/mol. The Bertz CT molecular complexity index is 664. The van der Waals surface area contributed by atoms with E-state index in [1.807, 2.05) is 13.8 Å². The number of ether oxygens (including phenoxy) is 1. The van der Waals surface area contributed by atoms with Crippen molar-refractivity contribution in [3.05, 3.63) is 39.6 Å². The topological polar surface area (TPSA) is 96.2 Å². The summed E-state index contributed by atoms with van der Waals surface area (Å²) in [7, 11) is 1.62. The number of hydrogen-bond acceptors (Lipinski definition) is 5. The summed E-state index contributed by atoms with van der Waals surface area (Å²) in [4.78, 5) is 10.7. The molecule has 20 heavy (non-hydrogen) atoms. The summed E-state index contributed by atoms with van der Waals surface area (Å²) < 4.78 is 7.05. The van der Waals surface area contributed by atoms with Crippen molar-refractivity contribution in [3.8, 4) is 11.6 Å². The van der Waals surface area contributed by atoms with E-state index >= 15 is 0 Å². The first-order chi connectivity index (χ1) is 9.43. The van der Waals surface area contributed by atoms with Crippen molar-refractivity contribution in [2.24, 2.45) is 7.05 Å². The molecule has 0 saturated carbocycles. The van der Waals surface area contributed by atoms with E-state index in [-0.39, 0.29) is 11.6 Å². The molecule has 0 radical (unpaired) electrons. The molecule has 0 amide bonds. The average Bonchev–Trinajstić information content (AvgIpc) is 2.69. The van der Waals surface area contributed by atoms with Crippen LogP contribution in [0.5, 0.6) is 11.6 Å². The SMILES string of the molecule is CCc1nn(C)c(Oc2ccc(N)cc2C)c1[N+](=O)[O-]. The van der Waals surface area contributed by atoms with Crippen LogP contribution in [0, 0.1) is 17.0 Å². The molecule has 2 rings (SSSR count). The number of nitrogen functional groups attached to an aromatic ring is 1. The molecule has 0 unspecified atom stereocenters. The summed E-state index contributed by atoms with van der Waals surface area (Å²) in [6, 6.07) is 5.12. The van der Waals surface area contributed by atoms with Crippen LogP contribution < -0.4 is 10.5 Å². The van der Waals surface area contributed by atoms with Crippen LogP contribution in [0.2, 0.25) is 0 Å². The maximum atomic E-state index is 11.2. The van der Waals surface area contributed by atoms with Crippen molar-refractivity contribution in [3.63, 3.8) is 0 Å². The number of benzene rings is 1. The molecule has 0 aliphatic carbocycles. The standard InChI is InChI=1S/C13H16N4O3/c1-4-10-12(17(18)19)13(16(3)15-10)20-11-6-5-9(14)7-8(11)2/h5-7H,4,14H2,1-3H3. The second-order valence-electron chi connectivity index (χ2n) is 4.46. The van der Waals surface area contributed by atoms with Crippen molar-refractivity contribution in [2.45, 2.75) is 20.3 Å². The van der Waals surface area contributed by atoms with Crippen molar-refractivity contribution in [2.75, 3.05) is 5.73 Å². The molecule has 0 aliphatic heterocycles. The number of nitrogens with two attached hydrogens (primary N) is 1. The third-order valence-electron chi connectivity index (χ3n) is 2.96. The quantitative estimate of drug-likeness (QED) is 0.526. The number of hydrogen-bond donors (Lipinski definition) is 1. The van der Waals surface area contributed by atoms with Gasteiger partial charge in [-0.05, 0) is 37.1 Å². The summed E-state index contributed by atoms with van der Waals surface area (Å²) in [6.07, 6.45) is 0.467. The molecular formula is C13H16N4O3. The van der Waals surface area contributed by atoms with Gasteiger partial charge in [-0.25, -0.2) is 4.68 Å². The number of nitro groups is 1. The highest BCUT2D eigenvalue weighted by Gasteiger charge is 2.27. The third kappa shape index (κ3) is 2.42. The molecule has 1 aromatic heterocycles. The molecule has 0 atom stereocenters. The molecule has 2 N–H and O–H groups in total. The minimum atomic E-state index is -0.464. The summed E-state index contributed by atoms with van der Waals surface area (Å²) in [5.41, 5.74) is 7.40. The van der Waals surface area contributed by atoms with Gasteiger partial charge in [-0.3, -0.25) is 10.1 Å². The van der Waals surface area contributed by atoms with Gasteiger partial charge < -0.3 is 10.5 Å². The van der Waals surface area contributed by atoms with Crippen LogP contribution in [0.15, 0.2) is 18.2 Å². The smallest absolute Gasteiger partial charge is 0.353 e. The lowest BCUT2D eigenvalue weighted by atomic mass is 10.2. The molecule has 7 nitrogen and oxygen atoms in total. The Labute approximate surface area is 116 Å². The summed E-state index contributed by atoms with van der Waals surface area (Å²) in [6.45, 7) is 3.64. The van der Waals surface area contributed by atoms with Gasteiger partial charge in [-0.2, -0.15) is 5.10 Å². The summed E-state index contributed by atoms with van der Waals surface area (Å²) >= 11 is 0. The van der Waals surface area contributed by atoms with E-state index in [9.17, 15) is 10.1 Å². The van der Waals surface area contributed by atoms with Crippen molar-refractivity contribution in [1.29, 1.82) is 0 Å². The van der Waals surface area contributed by atoms with Crippen molar-refractivity contribution >= 4 is 11.4 Å². The fraction of sp³-hybridized carbons (Fsp3) is 0.308. The molecule has 7 heteroatoms. The number of rotatable bonds is 4. The Hall–Kier alpha value is -2.57. The van der Waals surface area contributed by atoms with Gasteiger partial charge in [0, 0.05) is 12.7 Å². The van der Waals surface area contributed by atoms with E-state index in [1.165, 1.54) is 4.68 Å². The van der Waals surface area contributed by atoms with E-state index in [2.05, 4.69) is 5.10 Å². The molecule has 0 spiro atoms. The van der Waals surface area contributed by atoms with Crippen LogP contribution in [-0.2, 0) is 13.5 Å². The first-order valence-electron chi connectivity index (χ1n) is 6.18. The van der Waals surface area contributed by atoms with E-state index in [1.54, 1.807) is 25.2 Å². The van der Waals surface area contributed by atoms with Gasteiger partial charge in [0.15, 0.2) is 0 Å². The molecule has 0 aliphatic rings. The van der Waals surface area contributed by atoms with Crippen LogP contribution >= 0.6 is 0 Å². The van der Waals surface area contributed by atoms with Gasteiger partial charge in [0.05, 0.1) is 4.92 Å². The second-order valence-corrected chi connectivity index (χ2v) is 4.46. The largest absolute Gasteiger partial charge is 0.434 e. The van der Waals surface area contributed by atoms with E-state index in [4.69, 9.17) is 10.5 Å². The van der Waals surface area contributed by atoms with E-state index in [0.29, 0.717) is 23.6 Å². The highest BCUT2D eigenvalue weighted by molar-refractivity contribution is 5.52. The maximum absolute atomic E-state index is 11.2. The third-order valence-corrected chi connectivity index (χ3v) is 2.96. The highest BCUT2D eigenvalue weighted by atomic mass is 16.6. The van der Waals surface area contributed by atoms with Crippen molar-refractivity contribution in [1.82, 2.24) is 9.78 Å². The van der Waals surface area contributed by atoms with Crippen molar-refractivity contribution < 1.29 is 9.66 Å². The normalized spacial score (nSPS) is 10.6. The van der Waals surface area contributed by atoms with Gasteiger partial charge in [0.1, 0.15) is 11.4 Å². The van der Waals surface area contributed by atoms with Gasteiger partial charge in [-0.1, -0.05) is 6.92 Å². The van der Waals surface area contributed by atoms with Gasteiger partial charge in [0.25, 0.3) is 5.88 Å². The lowest BCUT2D eigenvalue weighted by Gasteiger charge is -2.08. The number of aromatic nitrogens is 2. The van der Waals surface area contributed by atoms with Gasteiger partial charge in [-0.15, -0.1) is 0 Å². The fourth-order valence-electron chi connectivity index (χ4n) is 1.98.